The standard InChI is InChI=1S/C24H24BrFN6O3/c1-3-23(34)30-20-11-16-19(12-21(20)35-9-8-32(14(2)33)22-6-7-27-22)28-13-29-24(16)31-18-5-4-15(25)10-17(18)26/h3-5,10-13,22,27H,1,6-9H2,2H3,(H,30,34)(H,28,29,31). The first-order chi connectivity index (χ1) is 16.9. The molecule has 1 aliphatic rings. The molecule has 0 spiro atoms. The number of halogens is 2. The van der Waals surface area contributed by atoms with E-state index in [0.717, 1.165) is 19.0 Å². The fourth-order valence-electron chi connectivity index (χ4n) is 3.63. The van der Waals surface area contributed by atoms with Crippen LogP contribution in [0.5, 0.6) is 5.75 Å². The summed E-state index contributed by atoms with van der Waals surface area (Å²) in [6, 6.07) is 7.96. The molecule has 1 aromatic heterocycles. The van der Waals surface area contributed by atoms with E-state index < -0.39 is 11.7 Å². The van der Waals surface area contributed by atoms with Crippen molar-refractivity contribution in [2.24, 2.45) is 0 Å². The molecule has 0 aliphatic carbocycles. The van der Waals surface area contributed by atoms with Gasteiger partial charge in [-0.2, -0.15) is 0 Å². The monoisotopic (exact) mass is 542 g/mol. The van der Waals surface area contributed by atoms with Gasteiger partial charge in [-0.15, -0.1) is 0 Å². The van der Waals surface area contributed by atoms with Crippen LogP contribution in [0.4, 0.5) is 21.6 Å². The fourth-order valence-corrected chi connectivity index (χ4v) is 3.96. The average molecular weight is 543 g/mol. The smallest absolute Gasteiger partial charge is 0.247 e. The van der Waals surface area contributed by atoms with Crippen molar-refractivity contribution in [1.29, 1.82) is 0 Å². The number of carbonyl (C=O) groups excluding carboxylic acids is 2. The van der Waals surface area contributed by atoms with Crippen molar-refractivity contribution in [2.45, 2.75) is 19.5 Å². The zero-order chi connectivity index (χ0) is 24.9. The molecule has 11 heteroatoms. The van der Waals surface area contributed by atoms with E-state index in [1.807, 2.05) is 0 Å². The van der Waals surface area contributed by atoms with Crippen LogP contribution in [-0.4, -0.2) is 52.5 Å². The molecule has 2 aromatic carbocycles. The number of amides is 2. The predicted octanol–water partition coefficient (Wildman–Crippen LogP) is 3.95. The molecule has 3 N–H and O–H groups in total. The number of fused-ring (bicyclic) bond motifs is 1. The van der Waals surface area contributed by atoms with Gasteiger partial charge in [0.05, 0.1) is 29.6 Å². The van der Waals surface area contributed by atoms with Gasteiger partial charge in [-0.1, -0.05) is 22.5 Å². The second-order valence-corrected chi connectivity index (χ2v) is 8.77. The maximum absolute atomic E-state index is 14.4. The predicted molar refractivity (Wildman–Crippen MR) is 135 cm³/mol. The van der Waals surface area contributed by atoms with Gasteiger partial charge in [0, 0.05) is 29.4 Å². The number of nitrogens with one attached hydrogen (secondary N) is 3. The molecule has 9 nitrogen and oxygen atoms in total. The second-order valence-electron chi connectivity index (χ2n) is 7.85. The van der Waals surface area contributed by atoms with Crippen LogP contribution in [-0.2, 0) is 9.59 Å². The third-order valence-corrected chi connectivity index (χ3v) is 6.03. The summed E-state index contributed by atoms with van der Waals surface area (Å²) in [4.78, 5) is 34.3. The highest BCUT2D eigenvalue weighted by Gasteiger charge is 2.26. The maximum atomic E-state index is 14.4. The number of hydrogen-bond acceptors (Lipinski definition) is 7. The Balaban J connectivity index is 1.62. The van der Waals surface area contributed by atoms with Crippen LogP contribution in [0, 0.1) is 5.82 Å². The van der Waals surface area contributed by atoms with Crippen LogP contribution >= 0.6 is 15.9 Å². The number of aromatic nitrogens is 2. The molecule has 0 bridgehead atoms. The van der Waals surface area contributed by atoms with Crippen LogP contribution in [0.3, 0.4) is 0 Å². The number of benzene rings is 2. The highest BCUT2D eigenvalue weighted by atomic mass is 79.9. The van der Waals surface area contributed by atoms with Crippen LogP contribution in [0.2, 0.25) is 0 Å². The Morgan fingerprint density at radius 3 is 2.77 bits per heavy atom. The molecule has 2 heterocycles. The van der Waals surface area contributed by atoms with Crippen LogP contribution in [0.15, 0.2) is 53.8 Å². The minimum atomic E-state index is -0.456. The first-order valence-corrected chi connectivity index (χ1v) is 11.7. The van der Waals surface area contributed by atoms with Gasteiger partial charge in [0.2, 0.25) is 11.8 Å². The maximum Gasteiger partial charge on any atom is 0.247 e. The molecule has 1 atom stereocenters. The Morgan fingerprint density at radius 1 is 1.31 bits per heavy atom. The van der Waals surface area contributed by atoms with Crippen molar-refractivity contribution in [1.82, 2.24) is 20.2 Å². The van der Waals surface area contributed by atoms with Gasteiger partial charge in [0.1, 0.15) is 30.3 Å². The lowest BCUT2D eigenvalue weighted by Crippen LogP contribution is -2.57. The Labute approximate surface area is 209 Å². The minimum absolute atomic E-state index is 0.00743. The van der Waals surface area contributed by atoms with E-state index in [-0.39, 0.29) is 24.4 Å². The van der Waals surface area contributed by atoms with E-state index in [2.05, 4.69) is 48.4 Å². The van der Waals surface area contributed by atoms with Crippen molar-refractivity contribution in [3.05, 3.63) is 59.6 Å². The largest absolute Gasteiger partial charge is 0.489 e. The summed E-state index contributed by atoms with van der Waals surface area (Å²) in [6.07, 6.45) is 3.40. The summed E-state index contributed by atoms with van der Waals surface area (Å²) in [5, 5.41) is 9.46. The van der Waals surface area contributed by atoms with Gasteiger partial charge in [0.25, 0.3) is 0 Å². The van der Waals surface area contributed by atoms with Gasteiger partial charge in [-0.25, -0.2) is 14.4 Å². The number of carbonyl (C=O) groups is 2. The molecule has 35 heavy (non-hydrogen) atoms. The normalized spacial score (nSPS) is 14.7. The zero-order valence-corrected chi connectivity index (χ0v) is 20.6. The molecule has 1 saturated heterocycles. The summed E-state index contributed by atoms with van der Waals surface area (Å²) in [5.41, 5.74) is 1.13. The SMILES string of the molecule is C=CC(=O)Nc1cc2c(Nc3ccc(Br)cc3F)ncnc2cc1OCCN(C(C)=O)C1CCN1. The third-order valence-electron chi connectivity index (χ3n) is 5.53. The van der Waals surface area contributed by atoms with Crippen molar-refractivity contribution < 1.29 is 18.7 Å². The van der Waals surface area contributed by atoms with Gasteiger partial charge in [-0.05, 0) is 36.8 Å². The summed E-state index contributed by atoms with van der Waals surface area (Å²) >= 11 is 3.24. The molecule has 0 saturated carbocycles. The molecular weight excluding hydrogens is 519 g/mol. The van der Waals surface area contributed by atoms with Gasteiger partial charge in [-0.3, -0.25) is 14.9 Å². The summed E-state index contributed by atoms with van der Waals surface area (Å²) < 4.78 is 21.0. The minimum Gasteiger partial charge on any atom is -0.489 e. The Bertz CT molecular complexity index is 1280. The number of hydrogen-bond donors (Lipinski definition) is 3. The van der Waals surface area contributed by atoms with Crippen LogP contribution in [0.25, 0.3) is 10.9 Å². The topological polar surface area (TPSA) is 108 Å². The molecule has 0 radical (unpaired) electrons. The van der Waals surface area contributed by atoms with Gasteiger partial charge >= 0.3 is 0 Å². The van der Waals surface area contributed by atoms with Crippen molar-refractivity contribution in [3.8, 4) is 5.75 Å². The average Bonchev–Trinajstić information content (AvgIpc) is 2.79. The first-order valence-electron chi connectivity index (χ1n) is 10.9. The zero-order valence-electron chi connectivity index (χ0n) is 19.0. The quantitative estimate of drug-likeness (QED) is 0.351. The summed E-state index contributed by atoms with van der Waals surface area (Å²) in [6.45, 7) is 6.47. The lowest BCUT2D eigenvalue weighted by atomic mass is 10.1. The van der Waals surface area contributed by atoms with Crippen molar-refractivity contribution in [2.75, 3.05) is 30.3 Å². The highest BCUT2D eigenvalue weighted by molar-refractivity contribution is 9.10. The number of rotatable bonds is 9. The van der Waals surface area contributed by atoms with E-state index in [9.17, 15) is 14.0 Å². The van der Waals surface area contributed by atoms with Crippen molar-refractivity contribution in [3.63, 3.8) is 0 Å². The molecule has 1 unspecified atom stereocenters. The van der Waals surface area contributed by atoms with E-state index in [0.29, 0.717) is 39.2 Å². The van der Waals surface area contributed by atoms with E-state index in [1.54, 1.807) is 29.2 Å². The molecule has 2 amide bonds. The molecule has 1 fully saturated rings. The van der Waals surface area contributed by atoms with Crippen LogP contribution < -0.4 is 20.7 Å². The fraction of sp³-hybridized carbons (Fsp3) is 0.250. The van der Waals surface area contributed by atoms with Crippen molar-refractivity contribution >= 4 is 55.8 Å². The molecule has 1 aliphatic heterocycles. The van der Waals surface area contributed by atoms with Crippen LogP contribution in [0.1, 0.15) is 13.3 Å². The Hall–Kier alpha value is -3.57. The first kappa shape index (κ1) is 24.6. The van der Waals surface area contributed by atoms with Gasteiger partial charge < -0.3 is 20.3 Å². The van der Waals surface area contributed by atoms with E-state index in [4.69, 9.17) is 4.74 Å². The van der Waals surface area contributed by atoms with E-state index >= 15 is 0 Å². The third kappa shape index (κ3) is 5.75. The summed E-state index contributed by atoms with van der Waals surface area (Å²) in [5.74, 6) is -0.202. The Kier molecular flexibility index (Phi) is 7.57. The molecule has 4 rings (SSSR count). The lowest BCUT2D eigenvalue weighted by Gasteiger charge is -2.38. The highest BCUT2D eigenvalue weighted by Crippen LogP contribution is 2.34. The van der Waals surface area contributed by atoms with Gasteiger partial charge in [0.15, 0.2) is 0 Å². The molecule has 3 aromatic rings. The second kappa shape index (κ2) is 10.8. The molecule has 182 valence electrons. The summed E-state index contributed by atoms with van der Waals surface area (Å²) in [7, 11) is 0. The molecular formula is C24H24BrFN6O3. The lowest BCUT2D eigenvalue weighted by molar-refractivity contribution is -0.134. The Morgan fingerprint density at radius 2 is 2.11 bits per heavy atom. The number of anilines is 3. The van der Waals surface area contributed by atoms with E-state index in [1.165, 1.54) is 19.3 Å². The number of nitrogens with zero attached hydrogens (tertiary/aromatic N) is 3. The number of ether oxygens (including phenoxy) is 1.